The van der Waals surface area contributed by atoms with Gasteiger partial charge in [-0.2, -0.15) is 0 Å². The van der Waals surface area contributed by atoms with E-state index in [2.05, 4.69) is 210 Å². The Balaban J connectivity index is 0.898. The van der Waals surface area contributed by atoms with Crippen molar-refractivity contribution in [2.45, 2.75) is 66.7 Å². The van der Waals surface area contributed by atoms with E-state index in [-0.39, 0.29) is 10.8 Å². The van der Waals surface area contributed by atoms with Gasteiger partial charge in [0, 0.05) is 37.6 Å². The van der Waals surface area contributed by atoms with Crippen LogP contribution in [0.4, 0.5) is 4.79 Å². The summed E-state index contributed by atoms with van der Waals surface area (Å²) < 4.78 is 12.0. The summed E-state index contributed by atoms with van der Waals surface area (Å²) >= 11 is 3.88. The van der Waals surface area contributed by atoms with Crippen LogP contribution in [0.3, 0.4) is 0 Å². The third-order valence-corrected chi connectivity index (χ3v) is 16.3. The van der Waals surface area contributed by atoms with E-state index in [1.54, 1.807) is 0 Å². The van der Waals surface area contributed by atoms with Gasteiger partial charge in [0.1, 0.15) is 18.0 Å². The largest absolute Gasteiger partial charge is 0.494 e. The molecule has 2 atom stereocenters. The molecule has 6 aromatic carbocycles. The first-order valence-corrected chi connectivity index (χ1v) is 26.1. The van der Waals surface area contributed by atoms with Crippen molar-refractivity contribution < 1.29 is 14.3 Å². The van der Waals surface area contributed by atoms with Gasteiger partial charge in [-0.15, -0.1) is 23.5 Å². The molecule has 68 heavy (non-hydrogen) atoms. The first kappa shape index (κ1) is 48.7. The third kappa shape index (κ3) is 11.6. The number of carbonyl (C=O) groups excluding carboxylic acids is 1. The Morgan fingerprint density at radius 2 is 1.10 bits per heavy atom. The molecule has 0 radical (unpaired) electrons. The van der Waals surface area contributed by atoms with E-state index in [1.165, 1.54) is 33.4 Å². The molecule has 8 rings (SSSR count). The topological polar surface area (TPSA) is 88.8 Å². The maximum absolute atomic E-state index is 13.4. The Morgan fingerprint density at radius 1 is 0.676 bits per heavy atom. The van der Waals surface area contributed by atoms with Gasteiger partial charge >= 0.3 is 6.09 Å². The number of benzene rings is 6. The summed E-state index contributed by atoms with van der Waals surface area (Å²) in [6, 6.07) is 65.0. The number of allylic oxidation sites excluding steroid dienone is 1. The van der Waals surface area contributed by atoms with Crippen LogP contribution in [0.1, 0.15) is 72.9 Å². The maximum atomic E-state index is 13.4. The van der Waals surface area contributed by atoms with Gasteiger partial charge in [0.25, 0.3) is 0 Å². The maximum Gasteiger partial charge on any atom is 0.407 e. The highest BCUT2D eigenvalue weighted by Crippen LogP contribution is 2.50. The van der Waals surface area contributed by atoms with Crippen LogP contribution in [-0.4, -0.2) is 73.0 Å². The minimum atomic E-state index is -0.657. The molecule has 4 N–H and O–H groups in total. The second-order valence-electron chi connectivity index (χ2n) is 18.1. The van der Waals surface area contributed by atoms with Gasteiger partial charge in [0.15, 0.2) is 0 Å². The van der Waals surface area contributed by atoms with Gasteiger partial charge in [-0.05, 0) is 96.9 Å². The smallest absolute Gasteiger partial charge is 0.407 e. The molecule has 0 aliphatic carbocycles. The number of ether oxygens (including phenoxy) is 2. The molecular weight excluding hydrogens is 877 g/mol. The molecule has 2 heterocycles. The van der Waals surface area contributed by atoms with Crippen molar-refractivity contribution in [3.63, 3.8) is 0 Å². The number of alkyl carbamates (subject to hydrolysis) is 1. The normalized spacial score (nSPS) is 16.2. The summed E-state index contributed by atoms with van der Waals surface area (Å²) in [5.41, 5.74) is 14.5. The number of nitrogens with two attached hydrogens (primary N) is 1. The first-order chi connectivity index (χ1) is 33.3. The Hall–Kier alpha value is -5.71. The molecule has 0 saturated carbocycles. The van der Waals surface area contributed by atoms with Crippen molar-refractivity contribution in [3.05, 3.63) is 239 Å². The van der Waals surface area contributed by atoms with Gasteiger partial charge in [-0.25, -0.2) is 4.79 Å². The lowest BCUT2D eigenvalue weighted by molar-refractivity contribution is 0.0325. The van der Waals surface area contributed by atoms with Crippen molar-refractivity contribution >= 4 is 29.6 Å². The quantitative estimate of drug-likeness (QED) is 0.0432. The predicted octanol–water partition coefficient (Wildman–Crippen LogP) is 11.9. The SMILES string of the molecule is CC(C)(CCCSC(c1ccccc1)(c1ccccc1)c1ccccc1)OC(=O)NCCC1=C(OC[C@@H]2CCN2)C(CN)N(CCSC(c2ccccc2)(c2ccccc2)c2ccccc2)C=C1. The van der Waals surface area contributed by atoms with Gasteiger partial charge in [0.2, 0.25) is 0 Å². The van der Waals surface area contributed by atoms with Gasteiger partial charge in [-0.1, -0.05) is 182 Å². The summed E-state index contributed by atoms with van der Waals surface area (Å²) in [5.74, 6) is 2.60. The fraction of sp³-hybridized carbons (Fsp3) is 0.305. The van der Waals surface area contributed by atoms with Crippen LogP contribution in [0.15, 0.2) is 206 Å². The van der Waals surface area contributed by atoms with Crippen molar-refractivity contribution in [1.82, 2.24) is 15.5 Å². The minimum Gasteiger partial charge on any atom is -0.494 e. The number of nitrogens with zero attached hydrogens (tertiary/aromatic N) is 1. The first-order valence-electron chi connectivity index (χ1n) is 24.1. The zero-order valence-electron chi connectivity index (χ0n) is 39.5. The average molecular weight is 943 g/mol. The number of nitrogens with one attached hydrogen (secondary N) is 2. The molecule has 1 saturated heterocycles. The number of rotatable bonds is 23. The van der Waals surface area contributed by atoms with E-state index in [4.69, 9.17) is 15.2 Å². The van der Waals surface area contributed by atoms with Crippen molar-refractivity contribution in [1.29, 1.82) is 0 Å². The summed E-state index contributed by atoms with van der Waals surface area (Å²) in [6.07, 6.45) is 7.17. The fourth-order valence-corrected chi connectivity index (χ4v) is 12.5. The third-order valence-electron chi connectivity index (χ3n) is 13.1. The number of thioether (sulfide) groups is 2. The van der Waals surface area contributed by atoms with Crippen LogP contribution < -0.4 is 16.4 Å². The molecule has 352 valence electrons. The fourth-order valence-electron chi connectivity index (χ4n) is 9.49. The van der Waals surface area contributed by atoms with Crippen molar-refractivity contribution in [2.24, 2.45) is 5.73 Å². The summed E-state index contributed by atoms with van der Waals surface area (Å²) in [5, 5.41) is 6.54. The molecular formula is C59H66N4O3S2. The molecule has 1 amide bonds. The molecule has 2 aliphatic rings. The number of hydrogen-bond donors (Lipinski definition) is 3. The second-order valence-corrected chi connectivity index (χ2v) is 20.7. The van der Waals surface area contributed by atoms with Gasteiger partial charge in [-0.3, -0.25) is 0 Å². The predicted molar refractivity (Wildman–Crippen MR) is 284 cm³/mol. The van der Waals surface area contributed by atoms with Crippen molar-refractivity contribution in [3.8, 4) is 0 Å². The molecule has 1 unspecified atom stereocenters. The lowest BCUT2D eigenvalue weighted by Crippen LogP contribution is -2.48. The van der Waals surface area contributed by atoms with Gasteiger partial charge in [0.05, 0.1) is 15.5 Å². The zero-order chi connectivity index (χ0) is 47.1. The highest BCUT2D eigenvalue weighted by Gasteiger charge is 2.39. The minimum absolute atomic E-state index is 0.136. The van der Waals surface area contributed by atoms with Crippen LogP contribution in [0.25, 0.3) is 0 Å². The van der Waals surface area contributed by atoms with E-state index < -0.39 is 16.4 Å². The Labute approximate surface area is 413 Å². The number of carbonyl (C=O) groups is 1. The van der Waals surface area contributed by atoms with Crippen LogP contribution in [0.5, 0.6) is 0 Å². The molecule has 0 spiro atoms. The summed E-state index contributed by atoms with van der Waals surface area (Å²) in [7, 11) is 0. The molecule has 0 bridgehead atoms. The van der Waals surface area contributed by atoms with E-state index in [0.717, 1.165) is 55.2 Å². The van der Waals surface area contributed by atoms with Crippen LogP contribution in [0, 0.1) is 0 Å². The van der Waals surface area contributed by atoms with Crippen molar-refractivity contribution in [2.75, 3.05) is 44.3 Å². The van der Waals surface area contributed by atoms with Crippen LogP contribution in [-0.2, 0) is 19.0 Å². The van der Waals surface area contributed by atoms with E-state index in [9.17, 15) is 4.79 Å². The summed E-state index contributed by atoms with van der Waals surface area (Å²) in [6.45, 7) is 7.17. The Morgan fingerprint density at radius 3 is 1.50 bits per heavy atom. The highest BCUT2D eigenvalue weighted by atomic mass is 32.2. The molecule has 9 heteroatoms. The lowest BCUT2D eigenvalue weighted by atomic mass is 9.84. The van der Waals surface area contributed by atoms with E-state index in [1.807, 2.05) is 37.4 Å². The standard InChI is InChI=1S/C59H66N4O3S2/c1-57(2,37-21-42-67-58(47-22-9-3-10-23-47,48-24-11-4-12-25-48)49-26-13-5-14-27-49)66-56(64)62-38-34-46-36-40-63(54(44-60)55(46)65-45-53-35-39-61-53)41-43-68-59(50-28-15-6-16-29-50,51-30-17-7-18-31-51)52-32-19-8-20-33-52/h3-20,22-33,36,40,53-54,61H,21,34-35,37-39,41-45,60H2,1-2H3,(H,62,64)/t53-,54?/m0/s1. The Kier molecular flexibility index (Phi) is 16.9. The molecule has 7 nitrogen and oxygen atoms in total. The average Bonchev–Trinajstić information content (AvgIpc) is 3.37. The summed E-state index contributed by atoms with van der Waals surface area (Å²) in [4.78, 5) is 15.8. The number of hydrogen-bond acceptors (Lipinski definition) is 8. The van der Waals surface area contributed by atoms with Crippen LogP contribution in [0.2, 0.25) is 0 Å². The Bertz CT molecular complexity index is 2330. The monoisotopic (exact) mass is 942 g/mol. The van der Waals surface area contributed by atoms with E-state index in [0.29, 0.717) is 32.2 Å². The second kappa shape index (κ2) is 23.5. The molecule has 6 aromatic rings. The molecule has 2 aliphatic heterocycles. The molecule has 0 aromatic heterocycles. The number of amides is 1. The highest BCUT2D eigenvalue weighted by molar-refractivity contribution is 8.00. The van der Waals surface area contributed by atoms with Crippen LogP contribution >= 0.6 is 23.5 Å². The lowest BCUT2D eigenvalue weighted by Gasteiger charge is -2.39. The van der Waals surface area contributed by atoms with Gasteiger partial charge < -0.3 is 30.7 Å². The molecule has 1 fully saturated rings. The van der Waals surface area contributed by atoms with E-state index >= 15 is 0 Å². The zero-order valence-corrected chi connectivity index (χ0v) is 41.1.